The summed E-state index contributed by atoms with van der Waals surface area (Å²) in [5.41, 5.74) is 0. The Hall–Kier alpha value is -1.34. The monoisotopic (exact) mass is 356 g/mol. The van der Waals surface area contributed by atoms with Crippen LogP contribution in [-0.2, 0) is 14.3 Å². The molecule has 1 saturated heterocycles. The summed E-state index contributed by atoms with van der Waals surface area (Å²) in [6, 6.07) is 0.174. The summed E-state index contributed by atoms with van der Waals surface area (Å²) in [7, 11) is 1.71. The first kappa shape index (κ1) is 21.7. The number of ether oxygens (including phenoxy) is 2. The van der Waals surface area contributed by atoms with E-state index in [9.17, 15) is 4.79 Å². The highest BCUT2D eigenvalue weighted by atomic mass is 16.5. The van der Waals surface area contributed by atoms with Crippen molar-refractivity contribution in [3.8, 4) is 0 Å². The minimum atomic E-state index is 0.0535. The zero-order chi connectivity index (χ0) is 18.5. The number of nitrogens with one attached hydrogen (secondary N) is 2. The van der Waals surface area contributed by atoms with Gasteiger partial charge in [-0.25, -0.2) is 0 Å². The van der Waals surface area contributed by atoms with E-state index in [2.05, 4.69) is 27.4 Å². The molecule has 1 rings (SSSR count). The number of likely N-dealkylation sites (tertiary alicyclic amines) is 1. The third-order valence-electron chi connectivity index (χ3n) is 3.97. The maximum atomic E-state index is 11.7. The molecule has 0 spiro atoms. The SMILES string of the molecule is CCNC(=NCCC(=O)NC(C)C)N1CCC(OCCCOC)CC1. The molecular formula is C18H36N4O3. The lowest BCUT2D eigenvalue weighted by Gasteiger charge is -2.34. The molecule has 0 aromatic heterocycles. The Balaban J connectivity index is 2.36. The van der Waals surface area contributed by atoms with E-state index in [-0.39, 0.29) is 11.9 Å². The van der Waals surface area contributed by atoms with Crippen LogP contribution in [0.3, 0.4) is 0 Å². The minimum absolute atomic E-state index is 0.0535. The van der Waals surface area contributed by atoms with E-state index in [4.69, 9.17) is 9.47 Å². The van der Waals surface area contributed by atoms with Crippen LogP contribution in [0.25, 0.3) is 0 Å². The maximum Gasteiger partial charge on any atom is 0.222 e. The van der Waals surface area contributed by atoms with E-state index in [0.29, 0.717) is 19.1 Å². The Labute approximate surface area is 152 Å². The van der Waals surface area contributed by atoms with Gasteiger partial charge in [0.15, 0.2) is 5.96 Å². The summed E-state index contributed by atoms with van der Waals surface area (Å²) in [6.45, 7) is 10.7. The molecule has 7 nitrogen and oxygen atoms in total. The second-order valence-corrected chi connectivity index (χ2v) is 6.61. The van der Waals surface area contributed by atoms with E-state index in [1.807, 2.05) is 13.8 Å². The van der Waals surface area contributed by atoms with Gasteiger partial charge in [0.25, 0.3) is 0 Å². The second kappa shape index (κ2) is 12.9. The van der Waals surface area contributed by atoms with Crippen LogP contribution >= 0.6 is 0 Å². The number of carbonyl (C=O) groups is 1. The average molecular weight is 357 g/mol. The van der Waals surface area contributed by atoms with Gasteiger partial charge in [-0.05, 0) is 40.0 Å². The first-order valence-electron chi connectivity index (χ1n) is 9.50. The predicted octanol–water partition coefficient (Wildman–Crippen LogP) is 1.38. The third kappa shape index (κ3) is 9.65. The number of rotatable bonds is 10. The summed E-state index contributed by atoms with van der Waals surface area (Å²) >= 11 is 0. The standard InChI is InChI=1S/C18H36N4O3/c1-5-19-18(20-10-7-17(23)21-15(2)3)22-11-8-16(9-12-22)25-14-6-13-24-4/h15-16H,5-14H2,1-4H3,(H,19,20)(H,21,23). The number of aliphatic imine (C=N–C) groups is 1. The van der Waals surface area contributed by atoms with Gasteiger partial charge in [-0.15, -0.1) is 0 Å². The fraction of sp³-hybridized carbons (Fsp3) is 0.889. The number of carbonyl (C=O) groups excluding carboxylic acids is 1. The molecule has 1 amide bonds. The van der Waals surface area contributed by atoms with Crippen molar-refractivity contribution in [3.05, 3.63) is 0 Å². The van der Waals surface area contributed by atoms with Crippen molar-refractivity contribution in [2.75, 3.05) is 46.5 Å². The van der Waals surface area contributed by atoms with E-state index in [1.165, 1.54) is 0 Å². The Morgan fingerprint density at radius 3 is 2.60 bits per heavy atom. The van der Waals surface area contributed by atoms with Gasteiger partial charge in [-0.2, -0.15) is 0 Å². The number of methoxy groups -OCH3 is 1. The lowest BCUT2D eigenvalue weighted by atomic mass is 10.1. The van der Waals surface area contributed by atoms with Gasteiger partial charge in [0.1, 0.15) is 0 Å². The number of amides is 1. The Morgan fingerprint density at radius 1 is 1.28 bits per heavy atom. The van der Waals surface area contributed by atoms with Crippen molar-refractivity contribution < 1.29 is 14.3 Å². The molecule has 0 aromatic rings. The molecule has 0 atom stereocenters. The fourth-order valence-electron chi connectivity index (χ4n) is 2.77. The molecule has 1 aliphatic rings. The summed E-state index contributed by atoms with van der Waals surface area (Å²) < 4.78 is 10.9. The largest absolute Gasteiger partial charge is 0.385 e. The molecule has 7 heteroatoms. The quantitative estimate of drug-likeness (QED) is 0.351. The molecule has 2 N–H and O–H groups in total. The minimum Gasteiger partial charge on any atom is -0.385 e. The third-order valence-corrected chi connectivity index (χ3v) is 3.97. The van der Waals surface area contributed by atoms with Gasteiger partial charge in [0, 0.05) is 52.4 Å². The van der Waals surface area contributed by atoms with E-state index in [1.54, 1.807) is 7.11 Å². The summed E-state index contributed by atoms with van der Waals surface area (Å²) in [5, 5.41) is 6.22. The van der Waals surface area contributed by atoms with Crippen molar-refractivity contribution in [1.29, 1.82) is 0 Å². The second-order valence-electron chi connectivity index (χ2n) is 6.61. The van der Waals surface area contributed by atoms with Crippen molar-refractivity contribution in [2.24, 2.45) is 4.99 Å². The van der Waals surface area contributed by atoms with Crippen LogP contribution in [-0.4, -0.2) is 75.4 Å². The van der Waals surface area contributed by atoms with Gasteiger partial charge in [0.05, 0.1) is 12.6 Å². The van der Waals surface area contributed by atoms with Crippen LogP contribution in [0.5, 0.6) is 0 Å². The maximum absolute atomic E-state index is 11.7. The highest BCUT2D eigenvalue weighted by Gasteiger charge is 2.21. The molecule has 146 valence electrons. The average Bonchev–Trinajstić information content (AvgIpc) is 2.58. The van der Waals surface area contributed by atoms with Crippen molar-refractivity contribution >= 4 is 11.9 Å². The van der Waals surface area contributed by atoms with Crippen LogP contribution in [0.15, 0.2) is 4.99 Å². The van der Waals surface area contributed by atoms with Crippen LogP contribution in [0.4, 0.5) is 0 Å². The van der Waals surface area contributed by atoms with E-state index in [0.717, 1.165) is 58.1 Å². The molecular weight excluding hydrogens is 320 g/mol. The van der Waals surface area contributed by atoms with Crippen LogP contribution in [0.1, 0.15) is 46.5 Å². The Morgan fingerprint density at radius 2 is 2.00 bits per heavy atom. The number of hydrogen-bond acceptors (Lipinski definition) is 4. The molecule has 0 bridgehead atoms. The first-order valence-corrected chi connectivity index (χ1v) is 9.50. The molecule has 25 heavy (non-hydrogen) atoms. The molecule has 1 fully saturated rings. The molecule has 0 aliphatic carbocycles. The summed E-state index contributed by atoms with van der Waals surface area (Å²) in [5.74, 6) is 0.954. The van der Waals surface area contributed by atoms with E-state index < -0.39 is 0 Å². The number of hydrogen-bond donors (Lipinski definition) is 2. The summed E-state index contributed by atoms with van der Waals surface area (Å²) in [6.07, 6.45) is 3.70. The fourth-order valence-corrected chi connectivity index (χ4v) is 2.77. The highest BCUT2D eigenvalue weighted by molar-refractivity contribution is 5.81. The molecule has 0 aromatic carbocycles. The highest BCUT2D eigenvalue weighted by Crippen LogP contribution is 2.14. The van der Waals surface area contributed by atoms with Gasteiger partial charge in [0.2, 0.25) is 5.91 Å². The van der Waals surface area contributed by atoms with Gasteiger partial charge >= 0.3 is 0 Å². The molecule has 0 radical (unpaired) electrons. The van der Waals surface area contributed by atoms with Gasteiger partial charge < -0.3 is 25.0 Å². The zero-order valence-electron chi connectivity index (χ0n) is 16.3. The zero-order valence-corrected chi connectivity index (χ0v) is 16.3. The topological polar surface area (TPSA) is 75.2 Å². The smallest absolute Gasteiger partial charge is 0.222 e. The summed E-state index contributed by atoms with van der Waals surface area (Å²) in [4.78, 5) is 18.6. The Kier molecular flexibility index (Phi) is 11.2. The van der Waals surface area contributed by atoms with Crippen LogP contribution in [0.2, 0.25) is 0 Å². The molecule has 1 heterocycles. The van der Waals surface area contributed by atoms with Gasteiger partial charge in [-0.1, -0.05) is 0 Å². The van der Waals surface area contributed by atoms with Crippen molar-refractivity contribution in [3.63, 3.8) is 0 Å². The van der Waals surface area contributed by atoms with Gasteiger partial charge in [-0.3, -0.25) is 9.79 Å². The van der Waals surface area contributed by atoms with E-state index >= 15 is 0 Å². The lowest BCUT2D eigenvalue weighted by molar-refractivity contribution is -0.121. The number of piperidine rings is 1. The van der Waals surface area contributed by atoms with Crippen molar-refractivity contribution in [1.82, 2.24) is 15.5 Å². The van der Waals surface area contributed by atoms with Crippen LogP contribution in [0, 0.1) is 0 Å². The Bertz CT molecular complexity index is 394. The van der Waals surface area contributed by atoms with Crippen molar-refractivity contribution in [2.45, 2.75) is 58.6 Å². The number of nitrogens with zero attached hydrogens (tertiary/aromatic N) is 2. The molecule has 0 unspecified atom stereocenters. The molecule has 0 saturated carbocycles. The first-order chi connectivity index (χ1) is 12.1. The lowest BCUT2D eigenvalue weighted by Crippen LogP contribution is -2.47. The predicted molar refractivity (Wildman–Crippen MR) is 101 cm³/mol. The normalized spacial score (nSPS) is 16.4. The van der Waals surface area contributed by atoms with Crippen LogP contribution < -0.4 is 10.6 Å². The number of guanidine groups is 1. The molecule has 1 aliphatic heterocycles.